The summed E-state index contributed by atoms with van der Waals surface area (Å²) >= 11 is 0. The zero-order valence-corrected chi connectivity index (χ0v) is 11.1. The lowest BCUT2D eigenvalue weighted by Crippen LogP contribution is -2.29. The third kappa shape index (κ3) is 3.61. The van der Waals surface area contributed by atoms with Crippen molar-refractivity contribution < 1.29 is 9.47 Å². The van der Waals surface area contributed by atoms with Gasteiger partial charge in [0.25, 0.3) is 0 Å². The molecule has 0 aliphatic carbocycles. The average Bonchev–Trinajstić information content (AvgIpc) is 2.37. The molecule has 1 aromatic rings. The summed E-state index contributed by atoms with van der Waals surface area (Å²) in [4.78, 5) is 2.14. The molecule has 2 N–H and O–H groups in total. The minimum Gasteiger partial charge on any atom is -0.497 e. The molecule has 96 valence electrons. The average molecular weight is 238 g/mol. The Labute approximate surface area is 103 Å². The van der Waals surface area contributed by atoms with E-state index in [2.05, 4.69) is 4.90 Å². The fourth-order valence-electron chi connectivity index (χ4n) is 1.76. The second kappa shape index (κ2) is 6.47. The molecule has 1 aromatic carbocycles. The lowest BCUT2D eigenvalue weighted by atomic mass is 10.1. The highest BCUT2D eigenvalue weighted by Crippen LogP contribution is 2.25. The van der Waals surface area contributed by atoms with E-state index >= 15 is 0 Å². The van der Waals surface area contributed by atoms with Crippen LogP contribution in [0.2, 0.25) is 0 Å². The molecule has 0 aromatic heterocycles. The highest BCUT2D eigenvalue weighted by molar-refractivity contribution is 5.57. The second-order valence-electron chi connectivity index (χ2n) is 4.13. The minimum absolute atomic E-state index is 0.178. The van der Waals surface area contributed by atoms with Crippen LogP contribution in [-0.4, -0.2) is 33.9 Å². The summed E-state index contributed by atoms with van der Waals surface area (Å²) in [5, 5.41) is 0. The van der Waals surface area contributed by atoms with Crippen LogP contribution in [0.15, 0.2) is 18.2 Å². The lowest BCUT2D eigenvalue weighted by molar-refractivity contribution is 0.124. The van der Waals surface area contributed by atoms with Crippen molar-refractivity contribution in [2.45, 2.75) is 19.6 Å². The summed E-state index contributed by atoms with van der Waals surface area (Å²) in [5.41, 5.74) is 7.95. The molecule has 0 saturated carbocycles. The molecule has 0 spiro atoms. The van der Waals surface area contributed by atoms with Gasteiger partial charge in [-0.2, -0.15) is 0 Å². The Morgan fingerprint density at radius 2 is 2.06 bits per heavy atom. The number of rotatable bonds is 6. The van der Waals surface area contributed by atoms with Crippen molar-refractivity contribution in [2.75, 3.05) is 32.7 Å². The Morgan fingerprint density at radius 3 is 2.59 bits per heavy atom. The molecule has 1 unspecified atom stereocenters. The highest BCUT2D eigenvalue weighted by Gasteiger charge is 2.11. The molecule has 1 atom stereocenters. The molecular weight excluding hydrogens is 216 g/mol. The molecule has 0 aliphatic heterocycles. The number of nitrogens with two attached hydrogens (primary N) is 1. The maximum atomic E-state index is 5.74. The van der Waals surface area contributed by atoms with Crippen molar-refractivity contribution in [1.82, 2.24) is 0 Å². The Balaban J connectivity index is 2.92. The minimum atomic E-state index is 0.178. The summed E-state index contributed by atoms with van der Waals surface area (Å²) in [6, 6.07) is 5.94. The molecule has 0 radical (unpaired) electrons. The Kier molecular flexibility index (Phi) is 5.25. The first-order valence-electron chi connectivity index (χ1n) is 5.73. The monoisotopic (exact) mass is 238 g/mol. The third-order valence-electron chi connectivity index (χ3n) is 2.86. The van der Waals surface area contributed by atoms with E-state index in [1.165, 1.54) is 0 Å². The van der Waals surface area contributed by atoms with Crippen molar-refractivity contribution in [3.63, 3.8) is 0 Å². The Morgan fingerprint density at radius 1 is 1.35 bits per heavy atom. The number of hydrogen-bond donors (Lipinski definition) is 1. The molecule has 0 saturated heterocycles. The van der Waals surface area contributed by atoms with Crippen LogP contribution in [0.5, 0.6) is 5.75 Å². The Hall–Kier alpha value is -1.26. The van der Waals surface area contributed by atoms with E-state index in [1.54, 1.807) is 14.2 Å². The van der Waals surface area contributed by atoms with E-state index in [9.17, 15) is 0 Å². The van der Waals surface area contributed by atoms with Crippen molar-refractivity contribution in [2.24, 2.45) is 5.73 Å². The van der Waals surface area contributed by atoms with Gasteiger partial charge in [-0.3, -0.25) is 0 Å². The van der Waals surface area contributed by atoms with E-state index in [0.29, 0.717) is 6.54 Å². The smallest absolute Gasteiger partial charge is 0.120 e. The van der Waals surface area contributed by atoms with Crippen LogP contribution in [0.1, 0.15) is 12.5 Å². The van der Waals surface area contributed by atoms with Gasteiger partial charge in [-0.05, 0) is 18.6 Å². The normalized spacial score (nSPS) is 12.3. The molecule has 0 amide bonds. The maximum absolute atomic E-state index is 5.74. The van der Waals surface area contributed by atoms with E-state index in [1.807, 2.05) is 32.2 Å². The molecule has 0 fully saturated rings. The standard InChI is InChI=1S/C13H22N2O2/c1-10(16-3)9-15(2)13-7-12(17-4)6-5-11(13)8-14/h5-7,10H,8-9,14H2,1-4H3. The molecule has 17 heavy (non-hydrogen) atoms. The summed E-state index contributed by atoms with van der Waals surface area (Å²) in [6.45, 7) is 3.38. The van der Waals surface area contributed by atoms with Gasteiger partial charge in [-0.1, -0.05) is 6.07 Å². The van der Waals surface area contributed by atoms with Gasteiger partial charge in [0.15, 0.2) is 0 Å². The van der Waals surface area contributed by atoms with Crippen LogP contribution in [0.4, 0.5) is 5.69 Å². The number of ether oxygens (including phenoxy) is 2. The number of anilines is 1. The van der Waals surface area contributed by atoms with Gasteiger partial charge >= 0.3 is 0 Å². The second-order valence-corrected chi connectivity index (χ2v) is 4.13. The van der Waals surface area contributed by atoms with Crippen LogP contribution in [0.3, 0.4) is 0 Å². The third-order valence-corrected chi connectivity index (χ3v) is 2.86. The topological polar surface area (TPSA) is 47.7 Å². The zero-order chi connectivity index (χ0) is 12.8. The summed E-state index contributed by atoms with van der Waals surface area (Å²) < 4.78 is 10.5. The van der Waals surface area contributed by atoms with Crippen LogP contribution in [0, 0.1) is 0 Å². The van der Waals surface area contributed by atoms with Gasteiger partial charge in [0, 0.05) is 39.0 Å². The van der Waals surface area contributed by atoms with Crippen LogP contribution in [0.25, 0.3) is 0 Å². The molecule has 1 rings (SSSR count). The number of hydrogen-bond acceptors (Lipinski definition) is 4. The predicted molar refractivity (Wildman–Crippen MR) is 70.6 cm³/mol. The lowest BCUT2D eigenvalue weighted by Gasteiger charge is -2.25. The van der Waals surface area contributed by atoms with Gasteiger partial charge in [-0.25, -0.2) is 0 Å². The molecule has 0 aliphatic rings. The van der Waals surface area contributed by atoms with Crippen molar-refractivity contribution >= 4 is 5.69 Å². The van der Waals surface area contributed by atoms with Crippen LogP contribution < -0.4 is 15.4 Å². The van der Waals surface area contributed by atoms with Crippen LogP contribution >= 0.6 is 0 Å². The van der Waals surface area contributed by atoms with Crippen molar-refractivity contribution in [3.8, 4) is 5.75 Å². The first-order valence-corrected chi connectivity index (χ1v) is 5.73. The van der Waals surface area contributed by atoms with Gasteiger partial charge in [0.05, 0.1) is 13.2 Å². The van der Waals surface area contributed by atoms with E-state index in [-0.39, 0.29) is 6.10 Å². The predicted octanol–water partition coefficient (Wildman–Crippen LogP) is 1.62. The largest absolute Gasteiger partial charge is 0.497 e. The van der Waals surface area contributed by atoms with Crippen molar-refractivity contribution in [3.05, 3.63) is 23.8 Å². The van der Waals surface area contributed by atoms with Gasteiger partial charge in [0.1, 0.15) is 5.75 Å². The first-order chi connectivity index (χ1) is 8.12. The summed E-state index contributed by atoms with van der Waals surface area (Å²) in [5.74, 6) is 0.842. The maximum Gasteiger partial charge on any atom is 0.120 e. The van der Waals surface area contributed by atoms with Gasteiger partial charge < -0.3 is 20.1 Å². The highest BCUT2D eigenvalue weighted by atomic mass is 16.5. The summed E-state index contributed by atoms with van der Waals surface area (Å²) in [7, 11) is 5.41. The molecular formula is C13H22N2O2. The molecule has 0 heterocycles. The van der Waals surface area contributed by atoms with E-state index < -0.39 is 0 Å². The van der Waals surface area contributed by atoms with Gasteiger partial charge in [-0.15, -0.1) is 0 Å². The van der Waals surface area contributed by atoms with Gasteiger partial charge in [0.2, 0.25) is 0 Å². The number of nitrogens with zero attached hydrogens (tertiary/aromatic N) is 1. The van der Waals surface area contributed by atoms with E-state index in [0.717, 1.165) is 23.5 Å². The quantitative estimate of drug-likeness (QED) is 0.818. The Bertz CT molecular complexity index is 355. The first kappa shape index (κ1) is 13.8. The fourth-order valence-corrected chi connectivity index (χ4v) is 1.76. The summed E-state index contributed by atoms with van der Waals surface area (Å²) in [6.07, 6.45) is 0.178. The molecule has 4 heteroatoms. The number of benzene rings is 1. The fraction of sp³-hybridized carbons (Fsp3) is 0.538. The molecule has 4 nitrogen and oxygen atoms in total. The number of likely N-dealkylation sites (N-methyl/N-ethyl adjacent to an activating group) is 1. The number of methoxy groups -OCH3 is 2. The zero-order valence-electron chi connectivity index (χ0n) is 11.1. The van der Waals surface area contributed by atoms with E-state index in [4.69, 9.17) is 15.2 Å². The van der Waals surface area contributed by atoms with Crippen molar-refractivity contribution in [1.29, 1.82) is 0 Å². The molecule has 0 bridgehead atoms. The van der Waals surface area contributed by atoms with Crippen LogP contribution in [-0.2, 0) is 11.3 Å². The SMILES string of the molecule is COc1ccc(CN)c(N(C)CC(C)OC)c1.